The van der Waals surface area contributed by atoms with Crippen molar-refractivity contribution in [3.8, 4) is 0 Å². The van der Waals surface area contributed by atoms with E-state index in [1.54, 1.807) is 12.4 Å². The maximum atomic E-state index is 4.44. The second kappa shape index (κ2) is 6.59. The van der Waals surface area contributed by atoms with Crippen molar-refractivity contribution in [1.82, 2.24) is 9.97 Å². The lowest BCUT2D eigenvalue weighted by Gasteiger charge is -2.08. The van der Waals surface area contributed by atoms with Crippen LogP contribution in [0.15, 0.2) is 42.7 Å². The molecule has 0 bridgehead atoms. The molecule has 0 aliphatic heterocycles. The molecule has 0 aliphatic carbocycles. The van der Waals surface area contributed by atoms with E-state index in [-0.39, 0.29) is 0 Å². The lowest BCUT2D eigenvalue weighted by Crippen LogP contribution is -2.06. The smallest absolute Gasteiger partial charge is 0.147 e. The fourth-order valence-corrected chi connectivity index (χ4v) is 1.58. The van der Waals surface area contributed by atoms with Crippen LogP contribution in [0.25, 0.3) is 0 Å². The van der Waals surface area contributed by atoms with Crippen molar-refractivity contribution in [2.24, 2.45) is 0 Å². The van der Waals surface area contributed by atoms with E-state index in [1.807, 2.05) is 18.2 Å². The topological polar surface area (TPSA) is 49.8 Å². The Hall–Kier alpha value is -2.10. The number of hydrogen-bond donors (Lipinski definition) is 2. The van der Waals surface area contributed by atoms with Gasteiger partial charge in [0.15, 0.2) is 0 Å². The first-order valence-electron chi connectivity index (χ1n) is 6.22. The monoisotopic (exact) mass is 242 g/mol. The molecule has 0 saturated heterocycles. The summed E-state index contributed by atoms with van der Waals surface area (Å²) < 4.78 is 0. The van der Waals surface area contributed by atoms with Crippen LogP contribution in [-0.2, 0) is 6.54 Å². The number of anilines is 2. The average Bonchev–Trinajstić information content (AvgIpc) is 2.44. The normalized spacial score (nSPS) is 10.1. The van der Waals surface area contributed by atoms with Gasteiger partial charge >= 0.3 is 0 Å². The molecule has 2 N–H and O–H groups in total. The summed E-state index contributed by atoms with van der Waals surface area (Å²) in [6.45, 7) is 3.79. The average molecular weight is 242 g/mol. The number of rotatable bonds is 6. The highest BCUT2D eigenvalue weighted by molar-refractivity contribution is 5.41. The summed E-state index contributed by atoms with van der Waals surface area (Å²) in [5.74, 6) is 1.61. The van der Waals surface area contributed by atoms with Crippen molar-refractivity contribution in [2.45, 2.75) is 19.9 Å². The molecule has 0 amide bonds. The summed E-state index contributed by atoms with van der Waals surface area (Å²) in [6, 6.07) is 10.2. The molecule has 4 heteroatoms. The van der Waals surface area contributed by atoms with Crippen LogP contribution >= 0.6 is 0 Å². The lowest BCUT2D eigenvalue weighted by molar-refractivity contribution is 0.962. The minimum atomic E-state index is 0.757. The third kappa shape index (κ3) is 3.73. The quantitative estimate of drug-likeness (QED) is 0.817. The maximum Gasteiger partial charge on any atom is 0.147 e. The second-order valence-electron chi connectivity index (χ2n) is 4.06. The van der Waals surface area contributed by atoms with Crippen LogP contribution in [0.3, 0.4) is 0 Å². The summed E-state index contributed by atoms with van der Waals surface area (Å²) in [5.41, 5.74) is 1.23. The predicted molar refractivity (Wildman–Crippen MR) is 74.6 cm³/mol. The third-order valence-corrected chi connectivity index (χ3v) is 2.51. The van der Waals surface area contributed by atoms with Gasteiger partial charge in [0.1, 0.15) is 11.6 Å². The SMILES string of the molecule is CCCNc1cncc(NCc2ccccc2)n1. The Bertz CT molecular complexity index is 470. The molecule has 0 spiro atoms. The zero-order valence-corrected chi connectivity index (χ0v) is 10.6. The number of aromatic nitrogens is 2. The molecule has 0 radical (unpaired) electrons. The zero-order chi connectivity index (χ0) is 12.6. The highest BCUT2D eigenvalue weighted by atomic mass is 15.1. The van der Waals surface area contributed by atoms with Crippen LogP contribution in [0, 0.1) is 0 Å². The van der Waals surface area contributed by atoms with Crippen LogP contribution in [0.5, 0.6) is 0 Å². The minimum Gasteiger partial charge on any atom is -0.369 e. The van der Waals surface area contributed by atoms with Crippen molar-refractivity contribution in [1.29, 1.82) is 0 Å². The molecule has 2 rings (SSSR count). The van der Waals surface area contributed by atoms with Gasteiger partial charge in [0, 0.05) is 13.1 Å². The van der Waals surface area contributed by atoms with Crippen LogP contribution in [0.1, 0.15) is 18.9 Å². The second-order valence-corrected chi connectivity index (χ2v) is 4.06. The summed E-state index contributed by atoms with van der Waals surface area (Å²) in [5, 5.41) is 6.48. The van der Waals surface area contributed by atoms with Crippen LogP contribution in [0.2, 0.25) is 0 Å². The molecule has 0 fully saturated rings. The van der Waals surface area contributed by atoms with Gasteiger partial charge in [-0.05, 0) is 12.0 Å². The van der Waals surface area contributed by atoms with Gasteiger partial charge in [-0.15, -0.1) is 0 Å². The Morgan fingerprint density at radius 1 is 1.00 bits per heavy atom. The van der Waals surface area contributed by atoms with Crippen LogP contribution in [-0.4, -0.2) is 16.5 Å². The van der Waals surface area contributed by atoms with E-state index >= 15 is 0 Å². The van der Waals surface area contributed by atoms with Crippen LogP contribution < -0.4 is 10.6 Å². The Morgan fingerprint density at radius 3 is 2.44 bits per heavy atom. The Balaban J connectivity index is 1.93. The molecular formula is C14H18N4. The minimum absolute atomic E-state index is 0.757. The summed E-state index contributed by atoms with van der Waals surface area (Å²) >= 11 is 0. The van der Waals surface area contributed by atoms with Crippen molar-refractivity contribution >= 4 is 11.6 Å². The summed E-state index contributed by atoms with van der Waals surface area (Å²) in [6.07, 6.45) is 4.55. The van der Waals surface area contributed by atoms with Crippen molar-refractivity contribution < 1.29 is 0 Å². The number of nitrogens with zero attached hydrogens (tertiary/aromatic N) is 2. The summed E-state index contributed by atoms with van der Waals surface area (Å²) in [4.78, 5) is 8.60. The van der Waals surface area contributed by atoms with Gasteiger partial charge in [-0.3, -0.25) is 4.98 Å². The van der Waals surface area contributed by atoms with E-state index in [0.717, 1.165) is 31.1 Å². The largest absolute Gasteiger partial charge is 0.369 e. The molecule has 4 nitrogen and oxygen atoms in total. The number of nitrogens with one attached hydrogen (secondary N) is 2. The van der Waals surface area contributed by atoms with Gasteiger partial charge in [-0.2, -0.15) is 0 Å². The molecule has 1 aromatic carbocycles. The van der Waals surface area contributed by atoms with Gasteiger partial charge in [-0.25, -0.2) is 4.98 Å². The van der Waals surface area contributed by atoms with E-state index in [2.05, 4.69) is 39.7 Å². The molecule has 0 atom stereocenters. The molecule has 0 unspecified atom stereocenters. The fraction of sp³-hybridized carbons (Fsp3) is 0.286. The van der Waals surface area contributed by atoms with Gasteiger partial charge in [0.2, 0.25) is 0 Å². The Morgan fingerprint density at radius 2 is 1.72 bits per heavy atom. The number of hydrogen-bond acceptors (Lipinski definition) is 4. The molecule has 1 aromatic heterocycles. The summed E-state index contributed by atoms with van der Waals surface area (Å²) in [7, 11) is 0. The van der Waals surface area contributed by atoms with Crippen LogP contribution in [0.4, 0.5) is 11.6 Å². The molecular weight excluding hydrogens is 224 g/mol. The molecule has 94 valence electrons. The molecule has 2 aromatic rings. The van der Waals surface area contributed by atoms with Crippen molar-refractivity contribution in [2.75, 3.05) is 17.2 Å². The molecule has 1 heterocycles. The third-order valence-electron chi connectivity index (χ3n) is 2.51. The van der Waals surface area contributed by atoms with Gasteiger partial charge in [0.05, 0.1) is 12.4 Å². The van der Waals surface area contributed by atoms with Crippen molar-refractivity contribution in [3.63, 3.8) is 0 Å². The van der Waals surface area contributed by atoms with Gasteiger partial charge < -0.3 is 10.6 Å². The molecule has 0 aliphatic rings. The van der Waals surface area contributed by atoms with E-state index in [4.69, 9.17) is 0 Å². The number of benzene rings is 1. The van der Waals surface area contributed by atoms with E-state index in [9.17, 15) is 0 Å². The highest BCUT2D eigenvalue weighted by Gasteiger charge is 1.98. The van der Waals surface area contributed by atoms with E-state index in [0.29, 0.717) is 0 Å². The standard InChI is InChI=1S/C14H18N4/c1-2-8-16-13-10-15-11-14(18-13)17-9-12-6-4-3-5-7-12/h3-7,10-11H,2,8-9H2,1H3,(H2,16,17,18). The fourth-order valence-electron chi connectivity index (χ4n) is 1.58. The first kappa shape index (κ1) is 12.4. The Labute approximate surface area is 107 Å². The lowest BCUT2D eigenvalue weighted by atomic mass is 10.2. The maximum absolute atomic E-state index is 4.44. The first-order valence-corrected chi connectivity index (χ1v) is 6.22. The highest BCUT2D eigenvalue weighted by Crippen LogP contribution is 2.08. The van der Waals surface area contributed by atoms with Gasteiger partial charge in [0.25, 0.3) is 0 Å². The predicted octanol–water partition coefficient (Wildman–Crippen LogP) is 2.91. The Kier molecular flexibility index (Phi) is 4.53. The molecule has 0 saturated carbocycles. The first-order chi connectivity index (χ1) is 8.88. The van der Waals surface area contributed by atoms with E-state index < -0.39 is 0 Å². The molecule has 18 heavy (non-hydrogen) atoms. The zero-order valence-electron chi connectivity index (χ0n) is 10.6. The van der Waals surface area contributed by atoms with Gasteiger partial charge in [-0.1, -0.05) is 37.3 Å². The van der Waals surface area contributed by atoms with E-state index in [1.165, 1.54) is 5.56 Å². The van der Waals surface area contributed by atoms with Crippen molar-refractivity contribution in [3.05, 3.63) is 48.3 Å².